The summed E-state index contributed by atoms with van der Waals surface area (Å²) in [6.07, 6.45) is 1.23. The second-order valence-electron chi connectivity index (χ2n) is 4.83. The van der Waals surface area contributed by atoms with Crippen LogP contribution in [0.4, 0.5) is 5.82 Å². The summed E-state index contributed by atoms with van der Waals surface area (Å²) in [5.74, 6) is -2.26. The van der Waals surface area contributed by atoms with Crippen molar-refractivity contribution < 1.29 is 14.7 Å². The Balaban J connectivity index is 2.08. The first-order chi connectivity index (χ1) is 8.34. The molecule has 1 heterocycles. The Morgan fingerprint density at radius 3 is 2.56 bits per heavy atom. The Labute approximate surface area is 108 Å². The number of hydrogen-bond acceptors (Lipinski definition) is 4. The Morgan fingerprint density at radius 1 is 1.39 bits per heavy atom. The normalized spacial score (nSPS) is 24.4. The number of aromatic nitrogens is 2. The van der Waals surface area contributed by atoms with Crippen LogP contribution in [0.2, 0.25) is 5.15 Å². The summed E-state index contributed by atoms with van der Waals surface area (Å²) >= 11 is 5.66. The Hall–Kier alpha value is -1.69. The van der Waals surface area contributed by atoms with Crippen LogP contribution in [0.15, 0.2) is 12.4 Å². The second kappa shape index (κ2) is 4.20. The summed E-state index contributed by atoms with van der Waals surface area (Å²) in [6.45, 7) is 3.51. The molecule has 1 aromatic rings. The summed E-state index contributed by atoms with van der Waals surface area (Å²) in [5.41, 5.74) is -0.535. The summed E-state index contributed by atoms with van der Waals surface area (Å²) in [5, 5.41) is 11.8. The van der Waals surface area contributed by atoms with Crippen LogP contribution in [0.25, 0.3) is 0 Å². The number of carbonyl (C=O) groups excluding carboxylic acids is 1. The molecule has 7 heteroatoms. The third-order valence-corrected chi connectivity index (χ3v) is 3.47. The van der Waals surface area contributed by atoms with E-state index in [0.29, 0.717) is 0 Å². The van der Waals surface area contributed by atoms with Gasteiger partial charge in [0.2, 0.25) is 5.91 Å². The molecular weight excluding hydrogens is 258 g/mol. The van der Waals surface area contributed by atoms with Crippen molar-refractivity contribution >= 4 is 29.3 Å². The Kier molecular flexibility index (Phi) is 2.98. The quantitative estimate of drug-likeness (QED) is 0.810. The number of halogens is 1. The molecule has 1 fully saturated rings. The van der Waals surface area contributed by atoms with Gasteiger partial charge in [-0.1, -0.05) is 25.4 Å². The standard InChI is InChI=1S/C11H12ClN3O3/c1-11(2)7(8(11)10(17)18)9(16)15-6-3-5(12)13-4-14-6/h3-4,7-8H,1-2H3,(H,17,18)(H,13,14,15,16)/t7-,8+/m1/s1. The fraction of sp³-hybridized carbons (Fsp3) is 0.455. The number of hydrogen-bond donors (Lipinski definition) is 2. The van der Waals surface area contributed by atoms with E-state index >= 15 is 0 Å². The van der Waals surface area contributed by atoms with Gasteiger partial charge in [-0.15, -0.1) is 0 Å². The zero-order valence-corrected chi connectivity index (χ0v) is 10.6. The molecular formula is C11H12ClN3O3. The number of carbonyl (C=O) groups is 2. The molecule has 6 nitrogen and oxygen atoms in total. The third kappa shape index (κ3) is 2.15. The van der Waals surface area contributed by atoms with Crippen LogP contribution in [-0.2, 0) is 9.59 Å². The molecule has 1 aliphatic carbocycles. The number of nitrogens with zero attached hydrogens (tertiary/aromatic N) is 2. The lowest BCUT2D eigenvalue weighted by Crippen LogP contribution is -2.18. The summed E-state index contributed by atoms with van der Waals surface area (Å²) in [4.78, 5) is 30.4. The van der Waals surface area contributed by atoms with Crippen LogP contribution < -0.4 is 5.32 Å². The molecule has 0 unspecified atom stereocenters. The highest BCUT2D eigenvalue weighted by Crippen LogP contribution is 2.58. The maximum absolute atomic E-state index is 11.9. The van der Waals surface area contributed by atoms with Gasteiger partial charge in [-0.3, -0.25) is 9.59 Å². The first-order valence-corrected chi connectivity index (χ1v) is 5.73. The van der Waals surface area contributed by atoms with Gasteiger partial charge in [0.15, 0.2) is 0 Å². The van der Waals surface area contributed by atoms with E-state index in [1.165, 1.54) is 12.4 Å². The molecule has 0 aromatic carbocycles. The molecule has 0 radical (unpaired) electrons. The number of carboxylic acid groups (broad SMARTS) is 1. The summed E-state index contributed by atoms with van der Waals surface area (Å²) < 4.78 is 0. The smallest absolute Gasteiger partial charge is 0.307 e. The minimum Gasteiger partial charge on any atom is -0.481 e. The molecule has 0 spiro atoms. The van der Waals surface area contributed by atoms with Gasteiger partial charge in [-0.05, 0) is 5.41 Å². The highest BCUT2D eigenvalue weighted by Gasteiger charge is 2.65. The van der Waals surface area contributed by atoms with Crippen molar-refractivity contribution in [2.45, 2.75) is 13.8 Å². The molecule has 0 aliphatic heterocycles. The maximum atomic E-state index is 11.9. The zero-order valence-electron chi connectivity index (χ0n) is 9.85. The molecule has 18 heavy (non-hydrogen) atoms. The van der Waals surface area contributed by atoms with Crippen LogP contribution in [0.5, 0.6) is 0 Å². The van der Waals surface area contributed by atoms with Crippen LogP contribution in [0.3, 0.4) is 0 Å². The van der Waals surface area contributed by atoms with E-state index in [4.69, 9.17) is 16.7 Å². The van der Waals surface area contributed by atoms with Crippen molar-refractivity contribution in [3.63, 3.8) is 0 Å². The monoisotopic (exact) mass is 269 g/mol. The molecule has 0 bridgehead atoms. The predicted octanol–water partition coefficient (Wildman–Crippen LogP) is 1.43. The van der Waals surface area contributed by atoms with Gasteiger partial charge in [0.1, 0.15) is 17.3 Å². The SMILES string of the molecule is CC1(C)[C@H](C(=O)O)[C@@H]1C(=O)Nc1cc(Cl)ncn1. The molecule has 1 aromatic heterocycles. The first-order valence-electron chi connectivity index (χ1n) is 5.35. The largest absolute Gasteiger partial charge is 0.481 e. The van der Waals surface area contributed by atoms with Gasteiger partial charge < -0.3 is 10.4 Å². The second-order valence-corrected chi connectivity index (χ2v) is 5.22. The highest BCUT2D eigenvalue weighted by atomic mass is 35.5. The number of rotatable bonds is 3. The van der Waals surface area contributed by atoms with E-state index < -0.39 is 23.2 Å². The molecule has 96 valence electrons. The summed E-state index contributed by atoms with van der Waals surface area (Å²) in [6, 6.07) is 1.41. The molecule has 0 saturated heterocycles. The van der Waals surface area contributed by atoms with Crippen molar-refractivity contribution in [2.75, 3.05) is 5.32 Å². The van der Waals surface area contributed by atoms with Crippen LogP contribution in [-0.4, -0.2) is 27.0 Å². The lowest BCUT2D eigenvalue weighted by molar-refractivity contribution is -0.140. The molecule has 2 N–H and O–H groups in total. The molecule has 1 aliphatic rings. The zero-order chi connectivity index (χ0) is 13.5. The number of aliphatic carboxylic acids is 1. The molecule has 2 rings (SSSR count). The molecule has 2 atom stereocenters. The van der Waals surface area contributed by atoms with Crippen LogP contribution in [0, 0.1) is 17.3 Å². The van der Waals surface area contributed by atoms with Crippen molar-refractivity contribution in [3.05, 3.63) is 17.5 Å². The predicted molar refractivity (Wildman–Crippen MR) is 64.1 cm³/mol. The molecule has 1 amide bonds. The minimum atomic E-state index is -0.958. The fourth-order valence-electron chi connectivity index (χ4n) is 2.19. The van der Waals surface area contributed by atoms with Crippen LogP contribution in [0.1, 0.15) is 13.8 Å². The van der Waals surface area contributed by atoms with Crippen molar-refractivity contribution in [3.8, 4) is 0 Å². The lowest BCUT2D eigenvalue weighted by Gasteiger charge is -2.04. The highest BCUT2D eigenvalue weighted by molar-refractivity contribution is 6.29. The van der Waals surface area contributed by atoms with Crippen molar-refractivity contribution in [1.29, 1.82) is 0 Å². The Morgan fingerprint density at radius 2 is 2.06 bits per heavy atom. The lowest BCUT2D eigenvalue weighted by atomic mass is 10.1. The van der Waals surface area contributed by atoms with E-state index in [2.05, 4.69) is 15.3 Å². The van der Waals surface area contributed by atoms with E-state index in [-0.39, 0.29) is 16.9 Å². The van der Waals surface area contributed by atoms with Gasteiger partial charge in [-0.25, -0.2) is 9.97 Å². The maximum Gasteiger partial charge on any atom is 0.307 e. The minimum absolute atomic E-state index is 0.213. The third-order valence-electron chi connectivity index (χ3n) is 3.26. The van der Waals surface area contributed by atoms with E-state index in [9.17, 15) is 9.59 Å². The first kappa shape index (κ1) is 12.8. The van der Waals surface area contributed by atoms with Gasteiger partial charge >= 0.3 is 5.97 Å². The van der Waals surface area contributed by atoms with Gasteiger partial charge in [-0.2, -0.15) is 0 Å². The van der Waals surface area contributed by atoms with Gasteiger partial charge in [0.05, 0.1) is 11.8 Å². The molecule has 1 saturated carbocycles. The van der Waals surface area contributed by atoms with Crippen LogP contribution >= 0.6 is 11.6 Å². The number of amides is 1. The van der Waals surface area contributed by atoms with Gasteiger partial charge in [0, 0.05) is 6.07 Å². The average Bonchev–Trinajstić information content (AvgIpc) is 2.81. The number of nitrogens with one attached hydrogen (secondary N) is 1. The average molecular weight is 270 g/mol. The fourth-order valence-corrected chi connectivity index (χ4v) is 2.34. The summed E-state index contributed by atoms with van der Waals surface area (Å²) in [7, 11) is 0. The van der Waals surface area contributed by atoms with E-state index in [0.717, 1.165) is 0 Å². The topological polar surface area (TPSA) is 92.2 Å². The van der Waals surface area contributed by atoms with Crippen molar-refractivity contribution in [2.24, 2.45) is 17.3 Å². The number of carboxylic acids is 1. The number of anilines is 1. The Bertz CT molecular complexity index is 518. The van der Waals surface area contributed by atoms with Crippen molar-refractivity contribution in [1.82, 2.24) is 9.97 Å². The van der Waals surface area contributed by atoms with E-state index in [1.54, 1.807) is 13.8 Å². The van der Waals surface area contributed by atoms with Gasteiger partial charge in [0.25, 0.3) is 0 Å². The van der Waals surface area contributed by atoms with E-state index in [1.807, 2.05) is 0 Å².